The molecule has 0 aliphatic heterocycles. The average Bonchev–Trinajstić information content (AvgIpc) is 2.93. The lowest BCUT2D eigenvalue weighted by molar-refractivity contribution is 0.446. The van der Waals surface area contributed by atoms with E-state index >= 15 is 0 Å². The van der Waals surface area contributed by atoms with Gasteiger partial charge >= 0.3 is 0 Å². The summed E-state index contributed by atoms with van der Waals surface area (Å²) in [5, 5.41) is 22.0. The summed E-state index contributed by atoms with van der Waals surface area (Å²) in [6.07, 6.45) is 0. The van der Waals surface area contributed by atoms with E-state index < -0.39 is 0 Å². The third-order valence-electron chi connectivity index (χ3n) is 4.43. The molecule has 0 bridgehead atoms. The molecule has 1 heterocycles. The van der Waals surface area contributed by atoms with E-state index in [0.29, 0.717) is 5.75 Å². The van der Waals surface area contributed by atoms with Crippen LogP contribution in [0.4, 0.5) is 0 Å². The van der Waals surface area contributed by atoms with E-state index in [9.17, 15) is 5.11 Å². The molecule has 0 aliphatic carbocycles. The average molecular weight is 323 g/mol. The summed E-state index contributed by atoms with van der Waals surface area (Å²) in [7, 11) is 0. The van der Waals surface area contributed by atoms with Crippen molar-refractivity contribution in [3.8, 4) is 16.9 Å². The van der Waals surface area contributed by atoms with Crippen LogP contribution in [0, 0.1) is 0 Å². The van der Waals surface area contributed by atoms with E-state index in [1.807, 2.05) is 18.2 Å². The van der Waals surface area contributed by atoms with Gasteiger partial charge in [0, 0.05) is 16.7 Å². The summed E-state index contributed by atoms with van der Waals surface area (Å²) in [6, 6.07) is 10.1. The van der Waals surface area contributed by atoms with Crippen LogP contribution in [-0.2, 0) is 10.8 Å². The van der Waals surface area contributed by atoms with Crippen molar-refractivity contribution in [1.29, 1.82) is 0 Å². The lowest BCUT2D eigenvalue weighted by Gasteiger charge is -2.27. The second kappa shape index (κ2) is 5.33. The first-order valence-corrected chi connectivity index (χ1v) is 8.27. The molecule has 4 nitrogen and oxygen atoms in total. The van der Waals surface area contributed by atoms with Gasteiger partial charge in [-0.2, -0.15) is 0 Å². The molecule has 2 N–H and O–H groups in total. The molecule has 0 saturated heterocycles. The van der Waals surface area contributed by atoms with Gasteiger partial charge in [-0.25, -0.2) is 0 Å². The van der Waals surface area contributed by atoms with Gasteiger partial charge < -0.3 is 5.11 Å². The number of phenolic OH excluding ortho intramolecular Hbond substituents is 1. The summed E-state index contributed by atoms with van der Waals surface area (Å²) in [5.74, 6) is 0.325. The summed E-state index contributed by atoms with van der Waals surface area (Å²) >= 11 is 0. The number of nitrogens with one attached hydrogen (secondary N) is 1. The first-order valence-electron chi connectivity index (χ1n) is 8.27. The summed E-state index contributed by atoms with van der Waals surface area (Å²) < 4.78 is 0. The molecule has 3 rings (SSSR count). The lowest BCUT2D eigenvalue weighted by atomic mass is 9.78. The maximum atomic E-state index is 11.0. The molecule has 0 spiro atoms. The first kappa shape index (κ1) is 16.5. The Morgan fingerprint density at radius 3 is 2.25 bits per heavy atom. The van der Waals surface area contributed by atoms with Gasteiger partial charge in [0.15, 0.2) is 0 Å². The Kier molecular flexibility index (Phi) is 3.67. The Morgan fingerprint density at radius 1 is 0.917 bits per heavy atom. The van der Waals surface area contributed by atoms with Crippen LogP contribution in [0.3, 0.4) is 0 Å². The Morgan fingerprint density at radius 2 is 1.62 bits per heavy atom. The van der Waals surface area contributed by atoms with Crippen molar-refractivity contribution in [1.82, 2.24) is 15.4 Å². The van der Waals surface area contributed by atoms with Crippen molar-refractivity contribution in [2.75, 3.05) is 0 Å². The first-order chi connectivity index (χ1) is 11.1. The highest BCUT2D eigenvalue weighted by molar-refractivity contribution is 5.93. The van der Waals surface area contributed by atoms with Crippen molar-refractivity contribution in [3.63, 3.8) is 0 Å². The van der Waals surface area contributed by atoms with Crippen LogP contribution < -0.4 is 0 Å². The Labute approximate surface area is 142 Å². The maximum Gasteiger partial charge on any atom is 0.127 e. The smallest absolute Gasteiger partial charge is 0.127 e. The normalized spacial score (nSPS) is 12.8. The van der Waals surface area contributed by atoms with Crippen LogP contribution in [-0.4, -0.2) is 20.5 Å². The van der Waals surface area contributed by atoms with Crippen LogP contribution in [0.5, 0.6) is 5.75 Å². The van der Waals surface area contributed by atoms with Crippen molar-refractivity contribution in [3.05, 3.63) is 41.5 Å². The highest BCUT2D eigenvalue weighted by Gasteiger charge is 2.26. The zero-order chi connectivity index (χ0) is 17.7. The van der Waals surface area contributed by atoms with Gasteiger partial charge in [-0.3, -0.25) is 5.10 Å². The van der Waals surface area contributed by atoms with Crippen LogP contribution in [0.25, 0.3) is 22.2 Å². The van der Waals surface area contributed by atoms with E-state index in [0.717, 1.165) is 27.7 Å². The predicted octanol–water partition coefficient (Wildman–Crippen LogP) is 4.93. The van der Waals surface area contributed by atoms with Crippen LogP contribution >= 0.6 is 0 Å². The molecule has 0 amide bonds. The van der Waals surface area contributed by atoms with Gasteiger partial charge in [0.2, 0.25) is 0 Å². The second-order valence-electron chi connectivity index (χ2n) is 8.43. The van der Waals surface area contributed by atoms with E-state index in [1.54, 1.807) is 0 Å². The van der Waals surface area contributed by atoms with Gasteiger partial charge in [-0.05, 0) is 28.5 Å². The van der Waals surface area contributed by atoms with Crippen molar-refractivity contribution in [2.24, 2.45) is 0 Å². The molecule has 4 heteroatoms. The number of aromatic nitrogens is 3. The number of hydrogen-bond acceptors (Lipinski definition) is 3. The van der Waals surface area contributed by atoms with Crippen LogP contribution in [0.1, 0.15) is 52.7 Å². The summed E-state index contributed by atoms with van der Waals surface area (Å²) in [4.78, 5) is 0. The van der Waals surface area contributed by atoms with Gasteiger partial charge in [0.05, 0.1) is 5.52 Å². The van der Waals surface area contributed by atoms with Gasteiger partial charge in [-0.1, -0.05) is 65.0 Å². The molecule has 0 fully saturated rings. The Hall–Kier alpha value is -2.36. The summed E-state index contributed by atoms with van der Waals surface area (Å²) in [6.45, 7) is 12.9. The number of aromatic amines is 1. The van der Waals surface area contributed by atoms with Crippen molar-refractivity contribution >= 4 is 11.0 Å². The Bertz CT molecular complexity index is 895. The monoisotopic (exact) mass is 323 g/mol. The fraction of sp³-hybridized carbons (Fsp3) is 0.400. The molecule has 0 aliphatic rings. The molecule has 0 saturated carbocycles. The SMILES string of the molecule is CC(C)(C)c1cc(-c2cccc3[nH]nnc23)c(O)c(C(C)(C)C)c1. The minimum absolute atomic E-state index is 0.0137. The fourth-order valence-corrected chi connectivity index (χ4v) is 2.93. The lowest BCUT2D eigenvalue weighted by Crippen LogP contribution is -2.17. The number of phenols is 1. The molecular formula is C20H25N3O. The highest BCUT2D eigenvalue weighted by atomic mass is 16.3. The number of benzene rings is 2. The molecule has 0 atom stereocenters. The summed E-state index contributed by atoms with van der Waals surface area (Å²) in [5.41, 5.74) is 5.33. The number of hydrogen-bond donors (Lipinski definition) is 2. The third-order valence-corrected chi connectivity index (χ3v) is 4.43. The maximum absolute atomic E-state index is 11.0. The predicted molar refractivity (Wildman–Crippen MR) is 98.4 cm³/mol. The molecule has 126 valence electrons. The van der Waals surface area contributed by atoms with E-state index in [2.05, 4.69) is 69.1 Å². The van der Waals surface area contributed by atoms with E-state index in [-0.39, 0.29) is 10.8 Å². The van der Waals surface area contributed by atoms with Gasteiger partial charge in [0.25, 0.3) is 0 Å². The molecule has 3 aromatic rings. The molecule has 1 aromatic heterocycles. The largest absolute Gasteiger partial charge is 0.507 e. The quantitative estimate of drug-likeness (QED) is 0.668. The minimum Gasteiger partial charge on any atom is -0.507 e. The number of fused-ring (bicyclic) bond motifs is 1. The van der Waals surface area contributed by atoms with E-state index in [1.165, 1.54) is 5.56 Å². The Balaban J connectivity index is 2.37. The minimum atomic E-state index is -0.155. The van der Waals surface area contributed by atoms with Gasteiger partial charge in [0.1, 0.15) is 11.3 Å². The standard InChI is InChI=1S/C20H25N3O/c1-19(2,3)12-10-14(18(24)15(11-12)20(4,5)6)13-8-7-9-16-17(13)22-23-21-16/h7-11,24H,1-6H3,(H,21,22,23). The highest BCUT2D eigenvalue weighted by Crippen LogP contribution is 2.43. The number of rotatable bonds is 1. The molecule has 0 unspecified atom stereocenters. The molecular weight excluding hydrogens is 298 g/mol. The topological polar surface area (TPSA) is 61.8 Å². The van der Waals surface area contributed by atoms with Crippen molar-refractivity contribution in [2.45, 2.75) is 52.4 Å². The molecule has 2 aromatic carbocycles. The zero-order valence-corrected chi connectivity index (χ0v) is 15.2. The van der Waals surface area contributed by atoms with Crippen molar-refractivity contribution < 1.29 is 5.11 Å². The third kappa shape index (κ3) is 2.77. The zero-order valence-electron chi connectivity index (χ0n) is 15.2. The van der Waals surface area contributed by atoms with Crippen LogP contribution in [0.2, 0.25) is 0 Å². The van der Waals surface area contributed by atoms with Crippen LogP contribution in [0.15, 0.2) is 30.3 Å². The molecule has 24 heavy (non-hydrogen) atoms. The molecule has 0 radical (unpaired) electrons. The number of nitrogens with zero attached hydrogens (tertiary/aromatic N) is 2. The number of H-pyrrole nitrogens is 1. The second-order valence-corrected chi connectivity index (χ2v) is 8.43. The van der Waals surface area contributed by atoms with Gasteiger partial charge in [-0.15, -0.1) is 5.10 Å². The number of aromatic hydroxyl groups is 1. The fourth-order valence-electron chi connectivity index (χ4n) is 2.93. The van der Waals surface area contributed by atoms with E-state index in [4.69, 9.17) is 0 Å².